The number of nitrogens with two attached hydrogens (primary N) is 1. The Morgan fingerprint density at radius 1 is 1.21 bits per heavy atom. The second-order valence-electron chi connectivity index (χ2n) is 6.02. The van der Waals surface area contributed by atoms with Crippen molar-refractivity contribution >= 4 is 5.91 Å². The molecule has 0 aliphatic carbocycles. The van der Waals surface area contributed by atoms with Crippen molar-refractivity contribution in [3.63, 3.8) is 0 Å². The minimum Gasteiger partial charge on any atom is -0.354 e. The predicted octanol–water partition coefficient (Wildman–Crippen LogP) is 1.84. The molecule has 4 nitrogen and oxygen atoms in total. The summed E-state index contributed by atoms with van der Waals surface area (Å²) in [6.45, 7) is 9.22. The highest BCUT2D eigenvalue weighted by Gasteiger charge is 2.21. The van der Waals surface area contributed by atoms with Crippen molar-refractivity contribution < 1.29 is 4.79 Å². The van der Waals surface area contributed by atoms with Crippen LogP contribution in [0.15, 0.2) is 0 Å². The lowest BCUT2D eigenvalue weighted by Crippen LogP contribution is -2.45. The average molecular weight is 271 g/mol. The molecule has 2 unspecified atom stereocenters. The molecule has 0 saturated heterocycles. The summed E-state index contributed by atoms with van der Waals surface area (Å²) in [5.41, 5.74) is 5.92. The number of hydrogen-bond donors (Lipinski definition) is 2. The van der Waals surface area contributed by atoms with E-state index in [9.17, 15) is 4.79 Å². The first kappa shape index (κ1) is 18.4. The summed E-state index contributed by atoms with van der Waals surface area (Å²) in [5, 5.41) is 3.04. The van der Waals surface area contributed by atoms with Crippen molar-refractivity contribution in [1.29, 1.82) is 0 Å². The van der Waals surface area contributed by atoms with E-state index in [1.54, 1.807) is 0 Å². The van der Waals surface area contributed by atoms with Crippen molar-refractivity contribution in [1.82, 2.24) is 10.2 Å². The molecular weight excluding hydrogens is 238 g/mol. The molecule has 0 rings (SSSR count). The van der Waals surface area contributed by atoms with Crippen LogP contribution in [0.5, 0.6) is 0 Å². The molecule has 0 spiro atoms. The lowest BCUT2D eigenvalue weighted by atomic mass is 9.93. The molecule has 2 atom stereocenters. The predicted molar refractivity (Wildman–Crippen MR) is 82.0 cm³/mol. The van der Waals surface area contributed by atoms with Crippen molar-refractivity contribution in [2.24, 2.45) is 17.6 Å². The van der Waals surface area contributed by atoms with E-state index >= 15 is 0 Å². The van der Waals surface area contributed by atoms with Gasteiger partial charge in [-0.3, -0.25) is 4.79 Å². The fourth-order valence-electron chi connectivity index (χ4n) is 2.34. The summed E-state index contributed by atoms with van der Waals surface area (Å²) in [5.74, 6) is 1.03. The minimum absolute atomic E-state index is 0.0500. The maximum absolute atomic E-state index is 11.9. The number of likely N-dealkylation sites (N-methyl/N-ethyl adjacent to an activating group) is 1. The molecule has 0 heterocycles. The summed E-state index contributed by atoms with van der Waals surface area (Å²) >= 11 is 0. The van der Waals surface area contributed by atoms with E-state index in [-0.39, 0.29) is 11.9 Å². The first-order valence-electron chi connectivity index (χ1n) is 7.52. The van der Waals surface area contributed by atoms with Crippen LogP contribution < -0.4 is 11.1 Å². The number of hydrogen-bond acceptors (Lipinski definition) is 3. The number of nitrogens with zero attached hydrogens (tertiary/aromatic N) is 1. The molecular formula is C15H33N3O. The molecule has 3 N–H and O–H groups in total. The number of rotatable bonds is 9. The van der Waals surface area contributed by atoms with Crippen LogP contribution in [0.2, 0.25) is 0 Å². The second kappa shape index (κ2) is 9.32. The number of nitrogens with one attached hydrogen (secondary N) is 1. The third-order valence-corrected chi connectivity index (χ3v) is 4.04. The second-order valence-corrected chi connectivity index (χ2v) is 6.02. The topological polar surface area (TPSA) is 58.4 Å². The van der Waals surface area contributed by atoms with Crippen LogP contribution in [0.1, 0.15) is 47.0 Å². The molecule has 0 aromatic carbocycles. The van der Waals surface area contributed by atoms with Crippen LogP contribution in [0.4, 0.5) is 0 Å². The van der Waals surface area contributed by atoms with Gasteiger partial charge in [-0.2, -0.15) is 0 Å². The SMILES string of the molecule is CCC(CC)C(CNC(=O)CC(N)C(C)C)N(C)C. The van der Waals surface area contributed by atoms with E-state index in [1.807, 2.05) is 13.8 Å². The lowest BCUT2D eigenvalue weighted by Gasteiger charge is -2.31. The fraction of sp³-hybridized carbons (Fsp3) is 0.933. The highest BCUT2D eigenvalue weighted by Crippen LogP contribution is 2.16. The molecule has 0 aliphatic heterocycles. The van der Waals surface area contributed by atoms with E-state index in [1.165, 1.54) is 0 Å². The Hall–Kier alpha value is -0.610. The van der Waals surface area contributed by atoms with Gasteiger partial charge in [0.25, 0.3) is 0 Å². The smallest absolute Gasteiger partial charge is 0.221 e. The van der Waals surface area contributed by atoms with Gasteiger partial charge in [0.2, 0.25) is 5.91 Å². The van der Waals surface area contributed by atoms with Gasteiger partial charge in [0.15, 0.2) is 0 Å². The quantitative estimate of drug-likeness (QED) is 0.673. The van der Waals surface area contributed by atoms with Crippen LogP contribution >= 0.6 is 0 Å². The first-order valence-corrected chi connectivity index (χ1v) is 7.52. The zero-order valence-corrected chi connectivity index (χ0v) is 13.6. The Balaban J connectivity index is 4.29. The number of carbonyl (C=O) groups excluding carboxylic acids is 1. The van der Waals surface area contributed by atoms with Crippen molar-refractivity contribution in [2.75, 3.05) is 20.6 Å². The van der Waals surface area contributed by atoms with Gasteiger partial charge < -0.3 is 16.0 Å². The summed E-state index contributed by atoms with van der Waals surface area (Å²) in [6, 6.07) is 0.347. The van der Waals surface area contributed by atoms with E-state index in [2.05, 4.69) is 38.2 Å². The van der Waals surface area contributed by atoms with E-state index in [0.29, 0.717) is 30.8 Å². The summed E-state index contributed by atoms with van der Waals surface area (Å²) in [4.78, 5) is 14.1. The van der Waals surface area contributed by atoms with Crippen LogP contribution in [-0.4, -0.2) is 43.5 Å². The Morgan fingerprint density at radius 3 is 2.11 bits per heavy atom. The standard InChI is InChI=1S/C15H33N3O/c1-7-12(8-2)14(18(5)6)10-17-15(19)9-13(16)11(3)4/h11-14H,7-10,16H2,1-6H3,(H,17,19). The van der Waals surface area contributed by atoms with Gasteiger partial charge in [-0.15, -0.1) is 0 Å². The van der Waals surface area contributed by atoms with Crippen LogP contribution in [-0.2, 0) is 4.79 Å². The van der Waals surface area contributed by atoms with Crippen LogP contribution in [0.3, 0.4) is 0 Å². The molecule has 1 amide bonds. The first-order chi connectivity index (χ1) is 8.83. The van der Waals surface area contributed by atoms with Crippen LogP contribution in [0.25, 0.3) is 0 Å². The Kier molecular flexibility index (Phi) is 9.02. The van der Waals surface area contributed by atoms with Gasteiger partial charge in [0.05, 0.1) is 0 Å². The Labute approximate surface area is 119 Å². The Bertz CT molecular complexity index is 250. The molecule has 0 fully saturated rings. The van der Waals surface area contributed by atoms with Crippen molar-refractivity contribution in [3.05, 3.63) is 0 Å². The average Bonchev–Trinajstić information content (AvgIpc) is 2.33. The monoisotopic (exact) mass is 271 g/mol. The molecule has 4 heteroatoms. The van der Waals surface area contributed by atoms with E-state index in [0.717, 1.165) is 12.8 Å². The molecule has 0 bridgehead atoms. The van der Waals surface area contributed by atoms with Gasteiger partial charge >= 0.3 is 0 Å². The van der Waals surface area contributed by atoms with Gasteiger partial charge in [-0.05, 0) is 25.9 Å². The highest BCUT2D eigenvalue weighted by molar-refractivity contribution is 5.76. The van der Waals surface area contributed by atoms with Gasteiger partial charge in [-0.25, -0.2) is 0 Å². The normalized spacial score (nSPS) is 15.1. The molecule has 114 valence electrons. The third kappa shape index (κ3) is 6.92. The molecule has 0 saturated carbocycles. The molecule has 0 radical (unpaired) electrons. The van der Waals surface area contributed by atoms with E-state index in [4.69, 9.17) is 5.73 Å². The van der Waals surface area contributed by atoms with Gasteiger partial charge in [0.1, 0.15) is 0 Å². The molecule has 0 aliphatic rings. The molecule has 19 heavy (non-hydrogen) atoms. The third-order valence-electron chi connectivity index (χ3n) is 4.04. The van der Waals surface area contributed by atoms with Gasteiger partial charge in [0, 0.05) is 25.0 Å². The number of carbonyl (C=O) groups is 1. The minimum atomic E-state index is -0.0500. The molecule has 0 aromatic rings. The number of amides is 1. The van der Waals surface area contributed by atoms with Crippen LogP contribution in [0, 0.1) is 11.8 Å². The Morgan fingerprint density at radius 2 is 1.74 bits per heavy atom. The summed E-state index contributed by atoms with van der Waals surface area (Å²) < 4.78 is 0. The zero-order chi connectivity index (χ0) is 15.0. The zero-order valence-electron chi connectivity index (χ0n) is 13.6. The molecule has 0 aromatic heterocycles. The van der Waals surface area contributed by atoms with Crippen molar-refractivity contribution in [2.45, 2.75) is 59.0 Å². The maximum Gasteiger partial charge on any atom is 0.221 e. The fourth-order valence-corrected chi connectivity index (χ4v) is 2.34. The van der Waals surface area contributed by atoms with Crippen molar-refractivity contribution in [3.8, 4) is 0 Å². The van der Waals surface area contributed by atoms with Gasteiger partial charge in [-0.1, -0.05) is 40.5 Å². The lowest BCUT2D eigenvalue weighted by molar-refractivity contribution is -0.121. The highest BCUT2D eigenvalue weighted by atomic mass is 16.1. The van der Waals surface area contributed by atoms with E-state index < -0.39 is 0 Å². The maximum atomic E-state index is 11.9. The summed E-state index contributed by atoms with van der Waals surface area (Å²) in [6.07, 6.45) is 2.70. The summed E-state index contributed by atoms with van der Waals surface area (Å²) in [7, 11) is 4.16. The largest absolute Gasteiger partial charge is 0.354 e.